The highest BCUT2D eigenvalue weighted by Crippen LogP contribution is 2.34. The number of carbonyl (C=O) groups is 2. The van der Waals surface area contributed by atoms with Crippen LogP contribution < -0.4 is 19.7 Å². The zero-order valence-corrected chi connectivity index (χ0v) is 17.9. The predicted octanol–water partition coefficient (Wildman–Crippen LogP) is 4.67. The molecule has 1 heterocycles. The largest absolute Gasteiger partial charge is 0.494 e. The fourth-order valence-corrected chi connectivity index (χ4v) is 3.39. The van der Waals surface area contributed by atoms with Crippen molar-refractivity contribution in [1.29, 1.82) is 0 Å². The van der Waals surface area contributed by atoms with Crippen molar-refractivity contribution in [3.8, 4) is 11.5 Å². The average Bonchev–Trinajstić information content (AvgIpc) is 2.83. The highest BCUT2D eigenvalue weighted by Gasteiger charge is 2.25. The summed E-state index contributed by atoms with van der Waals surface area (Å²) < 4.78 is 24.3. The Hall–Kier alpha value is -4.13. The van der Waals surface area contributed by atoms with Gasteiger partial charge in [-0.05, 0) is 54.5 Å². The lowest BCUT2D eigenvalue weighted by Gasteiger charge is -2.29. The van der Waals surface area contributed by atoms with E-state index in [2.05, 4.69) is 5.32 Å². The van der Waals surface area contributed by atoms with Gasteiger partial charge in [0.15, 0.2) is 6.61 Å². The molecule has 0 atom stereocenters. The van der Waals surface area contributed by atoms with Gasteiger partial charge < -0.3 is 19.7 Å². The molecule has 0 aliphatic carbocycles. The number of carbonyl (C=O) groups excluding carboxylic acids is 2. The van der Waals surface area contributed by atoms with E-state index >= 15 is 0 Å². The van der Waals surface area contributed by atoms with Crippen LogP contribution in [0.3, 0.4) is 0 Å². The van der Waals surface area contributed by atoms with E-state index in [1.54, 1.807) is 41.3 Å². The Balaban J connectivity index is 1.35. The number of hydrogen-bond acceptors (Lipinski definition) is 4. The molecular weight excluding hydrogens is 423 g/mol. The van der Waals surface area contributed by atoms with Crippen LogP contribution in [0.1, 0.15) is 12.0 Å². The van der Waals surface area contributed by atoms with Gasteiger partial charge in [-0.2, -0.15) is 0 Å². The average molecular weight is 446 g/mol. The quantitative estimate of drug-likeness (QED) is 0.403. The van der Waals surface area contributed by atoms with Gasteiger partial charge in [0, 0.05) is 24.4 Å². The lowest BCUT2D eigenvalue weighted by atomic mass is 10.2. The highest BCUT2D eigenvalue weighted by atomic mass is 19.1. The third-order valence-electron chi connectivity index (χ3n) is 5.01. The topological polar surface area (TPSA) is 67.9 Å². The Bertz CT molecular complexity index is 1150. The van der Waals surface area contributed by atoms with E-state index in [1.807, 2.05) is 30.3 Å². The Morgan fingerprint density at radius 3 is 2.67 bits per heavy atom. The van der Waals surface area contributed by atoms with E-state index in [9.17, 15) is 14.0 Å². The van der Waals surface area contributed by atoms with Crippen molar-refractivity contribution < 1.29 is 23.5 Å². The number of fused-ring (bicyclic) bond motifs is 1. The molecule has 6 nitrogen and oxygen atoms in total. The van der Waals surface area contributed by atoms with Crippen LogP contribution in [0.15, 0.2) is 78.9 Å². The minimum atomic E-state index is -0.332. The first-order valence-electron chi connectivity index (χ1n) is 10.6. The fourth-order valence-electron chi connectivity index (χ4n) is 3.39. The van der Waals surface area contributed by atoms with Crippen LogP contribution >= 0.6 is 0 Å². The van der Waals surface area contributed by atoms with E-state index in [0.717, 1.165) is 5.75 Å². The zero-order valence-electron chi connectivity index (χ0n) is 17.9. The standard InChI is InChI=1S/C26H23FN2O4/c27-20-10-7-19(8-11-20)9-14-25(30)28-21-12-13-23-24(17-21)33-18-26(31)29(23)15-4-16-32-22-5-2-1-3-6-22/h1-3,5-14,17H,4,15-16,18H2,(H,28,30)/b14-9+. The molecule has 3 aromatic carbocycles. The second-order valence-electron chi connectivity index (χ2n) is 7.41. The monoisotopic (exact) mass is 446 g/mol. The number of anilines is 2. The number of benzene rings is 3. The molecule has 4 rings (SSSR count). The van der Waals surface area contributed by atoms with Gasteiger partial charge in [0.1, 0.15) is 17.3 Å². The lowest BCUT2D eigenvalue weighted by molar-refractivity contribution is -0.121. The molecule has 2 amide bonds. The second-order valence-corrected chi connectivity index (χ2v) is 7.41. The summed E-state index contributed by atoms with van der Waals surface area (Å²) in [4.78, 5) is 26.3. The third-order valence-corrected chi connectivity index (χ3v) is 5.01. The number of halogens is 1. The molecule has 1 aliphatic heterocycles. The normalized spacial score (nSPS) is 12.9. The molecule has 3 aromatic rings. The smallest absolute Gasteiger partial charge is 0.265 e. The van der Waals surface area contributed by atoms with Crippen molar-refractivity contribution in [2.24, 2.45) is 0 Å². The summed E-state index contributed by atoms with van der Waals surface area (Å²) in [6.07, 6.45) is 3.63. The summed E-state index contributed by atoms with van der Waals surface area (Å²) >= 11 is 0. The highest BCUT2D eigenvalue weighted by molar-refractivity contribution is 6.03. The summed E-state index contributed by atoms with van der Waals surface area (Å²) in [7, 11) is 0. The van der Waals surface area contributed by atoms with Crippen molar-refractivity contribution in [1.82, 2.24) is 0 Å². The number of nitrogens with zero attached hydrogens (tertiary/aromatic N) is 1. The molecule has 1 aliphatic rings. The fraction of sp³-hybridized carbons (Fsp3) is 0.154. The van der Waals surface area contributed by atoms with Crippen LogP contribution in [-0.2, 0) is 9.59 Å². The van der Waals surface area contributed by atoms with Crippen molar-refractivity contribution >= 4 is 29.3 Å². The predicted molar refractivity (Wildman–Crippen MR) is 125 cm³/mol. The molecule has 7 heteroatoms. The van der Waals surface area contributed by atoms with Crippen LogP contribution in [0.25, 0.3) is 6.08 Å². The third kappa shape index (κ3) is 5.98. The van der Waals surface area contributed by atoms with Gasteiger partial charge in [0.25, 0.3) is 5.91 Å². The Morgan fingerprint density at radius 2 is 1.88 bits per heavy atom. The van der Waals surface area contributed by atoms with E-state index in [0.29, 0.717) is 42.3 Å². The number of para-hydroxylation sites is 1. The van der Waals surface area contributed by atoms with Crippen LogP contribution in [0.4, 0.5) is 15.8 Å². The van der Waals surface area contributed by atoms with Crippen molar-refractivity contribution in [2.75, 3.05) is 30.0 Å². The lowest BCUT2D eigenvalue weighted by Crippen LogP contribution is -2.39. The Labute approximate surface area is 191 Å². The summed E-state index contributed by atoms with van der Waals surface area (Å²) in [6.45, 7) is 0.918. The molecule has 0 fully saturated rings. The summed E-state index contributed by atoms with van der Waals surface area (Å²) in [6, 6.07) is 20.5. The first-order valence-corrected chi connectivity index (χ1v) is 10.6. The van der Waals surface area contributed by atoms with Gasteiger partial charge in [-0.25, -0.2) is 4.39 Å². The van der Waals surface area contributed by atoms with Gasteiger partial charge in [-0.15, -0.1) is 0 Å². The maximum atomic E-state index is 13.0. The number of amides is 2. The van der Waals surface area contributed by atoms with E-state index in [4.69, 9.17) is 9.47 Å². The van der Waals surface area contributed by atoms with Gasteiger partial charge in [-0.3, -0.25) is 9.59 Å². The van der Waals surface area contributed by atoms with Crippen molar-refractivity contribution in [3.05, 3.63) is 90.3 Å². The van der Waals surface area contributed by atoms with Gasteiger partial charge in [-0.1, -0.05) is 30.3 Å². The van der Waals surface area contributed by atoms with Crippen LogP contribution in [-0.4, -0.2) is 31.6 Å². The van der Waals surface area contributed by atoms with E-state index in [-0.39, 0.29) is 24.2 Å². The van der Waals surface area contributed by atoms with Crippen LogP contribution in [0.2, 0.25) is 0 Å². The maximum Gasteiger partial charge on any atom is 0.265 e. The van der Waals surface area contributed by atoms with E-state index in [1.165, 1.54) is 18.2 Å². The van der Waals surface area contributed by atoms with Gasteiger partial charge >= 0.3 is 0 Å². The molecule has 0 spiro atoms. The Morgan fingerprint density at radius 1 is 1.09 bits per heavy atom. The maximum absolute atomic E-state index is 13.0. The Kier molecular flexibility index (Phi) is 6.99. The van der Waals surface area contributed by atoms with Crippen LogP contribution in [0, 0.1) is 5.82 Å². The second kappa shape index (κ2) is 10.5. The SMILES string of the molecule is O=C(/C=C/c1ccc(F)cc1)Nc1ccc2c(c1)OCC(=O)N2CCCOc1ccccc1. The minimum absolute atomic E-state index is 0.0611. The number of nitrogens with one attached hydrogen (secondary N) is 1. The molecule has 0 radical (unpaired) electrons. The van der Waals surface area contributed by atoms with Gasteiger partial charge in [0.05, 0.1) is 12.3 Å². The summed E-state index contributed by atoms with van der Waals surface area (Å²) in [5.74, 6) is 0.531. The summed E-state index contributed by atoms with van der Waals surface area (Å²) in [5, 5.41) is 2.77. The molecule has 0 bridgehead atoms. The first kappa shape index (κ1) is 22.1. The van der Waals surface area contributed by atoms with Gasteiger partial charge in [0.2, 0.25) is 5.91 Å². The number of ether oxygens (including phenoxy) is 2. The summed E-state index contributed by atoms with van der Waals surface area (Å²) in [5.41, 5.74) is 1.92. The molecule has 1 N–H and O–H groups in total. The van der Waals surface area contributed by atoms with Crippen LogP contribution in [0.5, 0.6) is 11.5 Å². The minimum Gasteiger partial charge on any atom is -0.494 e. The molecule has 33 heavy (non-hydrogen) atoms. The molecule has 0 saturated carbocycles. The molecular formula is C26H23FN2O4. The zero-order chi connectivity index (χ0) is 23.0. The number of rotatable bonds is 8. The molecule has 0 unspecified atom stereocenters. The van der Waals surface area contributed by atoms with E-state index < -0.39 is 0 Å². The molecule has 0 aromatic heterocycles. The first-order chi connectivity index (χ1) is 16.1. The molecule has 0 saturated heterocycles. The molecule has 168 valence electrons. The van der Waals surface area contributed by atoms with Crippen molar-refractivity contribution in [2.45, 2.75) is 6.42 Å². The number of hydrogen-bond donors (Lipinski definition) is 1. The van der Waals surface area contributed by atoms with Crippen molar-refractivity contribution in [3.63, 3.8) is 0 Å².